The number of benzene rings is 3. The van der Waals surface area contributed by atoms with E-state index in [0.717, 1.165) is 41.3 Å². The van der Waals surface area contributed by atoms with E-state index in [1.165, 1.54) is 17.7 Å². The Morgan fingerprint density at radius 1 is 0.467 bits per heavy atom. The van der Waals surface area contributed by atoms with Crippen LogP contribution in [0.5, 0.6) is 0 Å². The lowest BCUT2D eigenvalue weighted by atomic mass is 9.86. The smallest absolute Gasteiger partial charge is 0.194 e. The minimum absolute atomic E-state index is 0.0865. The van der Waals surface area contributed by atoms with Crippen LogP contribution < -0.4 is 0 Å². The normalized spacial score (nSPS) is 17.3. The highest BCUT2D eigenvalue weighted by atomic mass is 19.3. The second kappa shape index (κ2) is 7.28. The van der Waals surface area contributed by atoms with Crippen LogP contribution in [0.15, 0.2) is 90.5 Å². The topological polar surface area (TPSA) is 0 Å². The maximum absolute atomic E-state index is 14.4. The van der Waals surface area contributed by atoms with Crippen molar-refractivity contribution in [1.29, 1.82) is 0 Å². The second-order valence-electron chi connectivity index (χ2n) is 7.60. The first kappa shape index (κ1) is 20.1. The molecule has 0 amide bonds. The molecule has 0 aromatic heterocycles. The van der Waals surface area contributed by atoms with Crippen LogP contribution in [0.1, 0.15) is 18.1 Å². The molecule has 0 saturated heterocycles. The summed E-state index contributed by atoms with van der Waals surface area (Å²) in [6, 6.07) is 22.4. The molecule has 3 aromatic rings. The molecule has 3 aromatic carbocycles. The molecular weight excluding hydrogens is 388 g/mol. The van der Waals surface area contributed by atoms with Gasteiger partial charge in [0.05, 0.1) is 0 Å². The van der Waals surface area contributed by atoms with Crippen LogP contribution in [0.3, 0.4) is 0 Å². The molecule has 0 spiro atoms. The van der Waals surface area contributed by atoms with E-state index < -0.39 is 23.0 Å². The van der Waals surface area contributed by atoms with Crippen LogP contribution in [0.25, 0.3) is 27.8 Å². The van der Waals surface area contributed by atoms with Crippen molar-refractivity contribution in [3.63, 3.8) is 0 Å². The molecule has 0 atom stereocenters. The number of hydrogen-bond acceptors (Lipinski definition) is 0. The zero-order chi connectivity index (χ0) is 21.5. The number of alkyl halides is 4. The Labute approximate surface area is 173 Å². The number of allylic oxidation sites excluding steroid dienone is 4. The Morgan fingerprint density at radius 3 is 1.27 bits per heavy atom. The average molecular weight is 408 g/mol. The van der Waals surface area contributed by atoms with Crippen molar-refractivity contribution in [2.24, 2.45) is 0 Å². The molecule has 0 bridgehead atoms. The van der Waals surface area contributed by atoms with Crippen LogP contribution in [0.4, 0.5) is 17.6 Å². The molecule has 0 N–H and O–H groups in total. The summed E-state index contributed by atoms with van der Waals surface area (Å²) < 4.78 is 56.7. The van der Waals surface area contributed by atoms with Gasteiger partial charge in [0, 0.05) is 11.1 Å². The fourth-order valence-electron chi connectivity index (χ4n) is 3.56. The Morgan fingerprint density at radius 2 is 0.833 bits per heavy atom. The predicted octanol–water partition coefficient (Wildman–Crippen LogP) is 7.94. The van der Waals surface area contributed by atoms with E-state index >= 15 is 0 Å². The maximum atomic E-state index is 14.4. The monoisotopic (exact) mass is 408 g/mol. The first-order chi connectivity index (χ1) is 14.2. The number of aryl methyl sites for hydroxylation is 1. The highest BCUT2D eigenvalue weighted by Gasteiger charge is 2.60. The predicted molar refractivity (Wildman–Crippen MR) is 114 cm³/mol. The SMILES string of the molecule is CC1=CC=C(c2ccc(-c3ccc(-c4ccc(C)cc4)cc3)cc2)C(F)(F)C1(F)F. The summed E-state index contributed by atoms with van der Waals surface area (Å²) in [7, 11) is 0. The van der Waals surface area contributed by atoms with Gasteiger partial charge in [-0.3, -0.25) is 0 Å². The van der Waals surface area contributed by atoms with E-state index in [1.54, 1.807) is 12.1 Å². The molecule has 0 radical (unpaired) electrons. The third-order valence-corrected chi connectivity index (χ3v) is 5.53. The van der Waals surface area contributed by atoms with E-state index in [4.69, 9.17) is 0 Å². The minimum atomic E-state index is -4.25. The third kappa shape index (κ3) is 3.36. The Bertz CT molecular complexity index is 1120. The molecule has 30 heavy (non-hydrogen) atoms. The summed E-state index contributed by atoms with van der Waals surface area (Å²) in [5, 5.41) is 0. The number of hydrogen-bond donors (Lipinski definition) is 0. The van der Waals surface area contributed by atoms with Crippen molar-refractivity contribution in [2.45, 2.75) is 25.7 Å². The average Bonchev–Trinajstić information content (AvgIpc) is 2.74. The fraction of sp³-hybridized carbons (Fsp3) is 0.154. The van der Waals surface area contributed by atoms with Gasteiger partial charge in [0.2, 0.25) is 0 Å². The van der Waals surface area contributed by atoms with Crippen LogP contribution in [-0.2, 0) is 0 Å². The van der Waals surface area contributed by atoms with Crippen LogP contribution in [0, 0.1) is 6.92 Å². The van der Waals surface area contributed by atoms with E-state index in [9.17, 15) is 17.6 Å². The summed E-state index contributed by atoms with van der Waals surface area (Å²) in [5.41, 5.74) is 3.90. The molecule has 0 heterocycles. The molecule has 0 aliphatic heterocycles. The zero-order valence-electron chi connectivity index (χ0n) is 16.6. The van der Waals surface area contributed by atoms with Gasteiger partial charge in [-0.1, -0.05) is 90.5 Å². The van der Waals surface area contributed by atoms with E-state index in [0.29, 0.717) is 0 Å². The molecule has 0 nitrogen and oxygen atoms in total. The number of halogens is 4. The van der Waals surface area contributed by atoms with Gasteiger partial charge in [0.25, 0.3) is 0 Å². The van der Waals surface area contributed by atoms with Gasteiger partial charge < -0.3 is 0 Å². The summed E-state index contributed by atoms with van der Waals surface area (Å²) in [4.78, 5) is 0. The molecule has 4 heteroatoms. The standard InChI is InChI=1S/C26H20F4/c1-17-3-6-19(7-4-17)20-8-10-21(11-9-20)22-12-14-23(15-13-22)24-16-5-18(2)25(27,28)26(24,29)30/h3-16H,1-2H3. The highest BCUT2D eigenvalue weighted by Crippen LogP contribution is 2.50. The van der Waals surface area contributed by atoms with Crippen molar-refractivity contribution in [3.05, 3.63) is 102 Å². The van der Waals surface area contributed by atoms with Crippen molar-refractivity contribution in [3.8, 4) is 22.3 Å². The second-order valence-corrected chi connectivity index (χ2v) is 7.60. The van der Waals surface area contributed by atoms with Crippen molar-refractivity contribution >= 4 is 5.57 Å². The summed E-state index contributed by atoms with van der Waals surface area (Å²) in [6.45, 7) is 3.05. The lowest BCUT2D eigenvalue weighted by Gasteiger charge is -2.32. The van der Waals surface area contributed by atoms with Gasteiger partial charge in [-0.15, -0.1) is 0 Å². The lowest BCUT2D eigenvalue weighted by Crippen LogP contribution is -2.43. The van der Waals surface area contributed by atoms with E-state index in [1.807, 2.05) is 31.2 Å². The summed E-state index contributed by atoms with van der Waals surface area (Å²) >= 11 is 0. The van der Waals surface area contributed by atoms with Crippen molar-refractivity contribution in [1.82, 2.24) is 0 Å². The van der Waals surface area contributed by atoms with Gasteiger partial charge in [0.15, 0.2) is 0 Å². The molecular formula is C26H20F4. The Kier molecular flexibility index (Phi) is 4.89. The lowest BCUT2D eigenvalue weighted by molar-refractivity contribution is -0.148. The van der Waals surface area contributed by atoms with E-state index in [-0.39, 0.29) is 5.56 Å². The first-order valence-electron chi connectivity index (χ1n) is 9.63. The molecule has 1 aliphatic rings. The highest BCUT2D eigenvalue weighted by molar-refractivity contribution is 5.78. The number of rotatable bonds is 3. The summed E-state index contributed by atoms with van der Waals surface area (Å²) in [5.74, 6) is -8.44. The maximum Gasteiger partial charge on any atom is 0.339 e. The van der Waals surface area contributed by atoms with Crippen LogP contribution >= 0.6 is 0 Å². The minimum Gasteiger partial charge on any atom is -0.194 e. The first-order valence-corrected chi connectivity index (χ1v) is 9.63. The molecule has 4 rings (SSSR count). The van der Waals surface area contributed by atoms with Gasteiger partial charge in [0.1, 0.15) is 0 Å². The van der Waals surface area contributed by atoms with Crippen molar-refractivity contribution in [2.75, 3.05) is 0 Å². The molecule has 152 valence electrons. The van der Waals surface area contributed by atoms with Gasteiger partial charge in [-0.05, 0) is 41.7 Å². The third-order valence-electron chi connectivity index (χ3n) is 5.53. The van der Waals surface area contributed by atoms with Gasteiger partial charge in [-0.25, -0.2) is 0 Å². The zero-order valence-corrected chi connectivity index (χ0v) is 16.6. The summed E-state index contributed by atoms with van der Waals surface area (Å²) in [6.07, 6.45) is 2.14. The Hall–Kier alpha value is -3.14. The van der Waals surface area contributed by atoms with Gasteiger partial charge >= 0.3 is 11.8 Å². The molecule has 1 aliphatic carbocycles. The van der Waals surface area contributed by atoms with Crippen LogP contribution in [-0.4, -0.2) is 11.8 Å². The van der Waals surface area contributed by atoms with Gasteiger partial charge in [-0.2, -0.15) is 17.6 Å². The Balaban J connectivity index is 1.61. The fourth-order valence-corrected chi connectivity index (χ4v) is 3.56. The van der Waals surface area contributed by atoms with E-state index in [2.05, 4.69) is 24.3 Å². The quantitative estimate of drug-likeness (QED) is 0.386. The molecule has 0 saturated carbocycles. The molecule has 0 fully saturated rings. The van der Waals surface area contributed by atoms with Crippen molar-refractivity contribution < 1.29 is 17.6 Å². The molecule has 0 unspecified atom stereocenters. The van der Waals surface area contributed by atoms with Crippen LogP contribution in [0.2, 0.25) is 0 Å². The largest absolute Gasteiger partial charge is 0.339 e.